The predicted octanol–water partition coefficient (Wildman–Crippen LogP) is 4.83. The zero-order valence-electron chi connectivity index (χ0n) is 12.3. The zero-order valence-corrected chi connectivity index (χ0v) is 14.7. The molecule has 0 unspecified atom stereocenters. The van der Waals surface area contributed by atoms with Crippen LogP contribution in [0, 0.1) is 0 Å². The summed E-state index contributed by atoms with van der Waals surface area (Å²) in [7, 11) is 0. The van der Waals surface area contributed by atoms with Crippen molar-refractivity contribution in [3.8, 4) is 0 Å². The monoisotopic (exact) mass is 362 g/mol. The Kier molecular flexibility index (Phi) is 6.95. The van der Waals surface area contributed by atoms with Crippen LogP contribution in [-0.2, 0) is 4.74 Å². The zero-order chi connectivity index (χ0) is 15.2. The number of amides is 1. The first-order valence-electron chi connectivity index (χ1n) is 6.87. The molecule has 20 heavy (non-hydrogen) atoms. The quantitative estimate of drug-likeness (QED) is 0.777. The molecule has 0 radical (unpaired) electrons. The lowest BCUT2D eigenvalue weighted by Crippen LogP contribution is -2.27. The van der Waals surface area contributed by atoms with Gasteiger partial charge in [-0.3, -0.25) is 0 Å². The average Bonchev–Trinajstić information content (AvgIpc) is 2.75. The second-order valence-corrected chi connectivity index (χ2v) is 8.31. The van der Waals surface area contributed by atoms with Gasteiger partial charge >= 0.3 is 6.09 Å². The van der Waals surface area contributed by atoms with Crippen LogP contribution < -0.4 is 5.73 Å². The van der Waals surface area contributed by atoms with E-state index in [1.165, 1.54) is 40.9 Å². The molecule has 0 aromatic carbocycles. The van der Waals surface area contributed by atoms with Gasteiger partial charge < -0.3 is 10.5 Å². The molecule has 0 bridgehead atoms. The maximum atomic E-state index is 10.0. The third-order valence-electron chi connectivity index (χ3n) is 2.86. The average molecular weight is 363 g/mol. The van der Waals surface area contributed by atoms with Crippen molar-refractivity contribution in [2.24, 2.45) is 5.73 Å². The summed E-state index contributed by atoms with van der Waals surface area (Å²) < 4.78 is 5.75. The topological polar surface area (TPSA) is 65.2 Å². The number of rotatable bonds is 1. The smallest absolute Gasteiger partial charge is 0.405 e. The Hall–Kier alpha value is -0.620. The van der Waals surface area contributed by atoms with Crippen LogP contribution in [0.15, 0.2) is 9.98 Å². The van der Waals surface area contributed by atoms with Gasteiger partial charge in [0.05, 0.1) is 15.0 Å². The fourth-order valence-corrected chi connectivity index (χ4v) is 3.52. The second-order valence-electron chi connectivity index (χ2n) is 5.87. The third-order valence-corrected chi connectivity index (χ3v) is 4.50. The summed E-state index contributed by atoms with van der Waals surface area (Å²) >= 11 is 5.25. The van der Waals surface area contributed by atoms with Crippen LogP contribution in [0.4, 0.5) is 4.79 Å². The molecule has 2 rings (SSSR count). The standard InChI is InChI=1S/C9H12BrNS.C5H11NO2/c10-8-6-11-9(12-8)7-4-2-1-3-5-7;1-5(2,3)8-4(6)7/h6-7H,1-5H2;1-3H3,(H2,6,7). The van der Waals surface area contributed by atoms with Gasteiger partial charge in [0, 0.05) is 5.92 Å². The number of primary amides is 1. The van der Waals surface area contributed by atoms with E-state index in [2.05, 4.69) is 25.7 Å². The van der Waals surface area contributed by atoms with E-state index in [9.17, 15) is 4.79 Å². The summed E-state index contributed by atoms with van der Waals surface area (Å²) in [5.41, 5.74) is 4.26. The van der Waals surface area contributed by atoms with E-state index >= 15 is 0 Å². The lowest BCUT2D eigenvalue weighted by molar-refractivity contribution is 0.0600. The van der Waals surface area contributed by atoms with E-state index in [4.69, 9.17) is 5.73 Å². The largest absolute Gasteiger partial charge is 0.444 e. The number of hydrogen-bond acceptors (Lipinski definition) is 4. The van der Waals surface area contributed by atoms with Crippen molar-refractivity contribution in [2.45, 2.75) is 64.4 Å². The predicted molar refractivity (Wildman–Crippen MR) is 86.1 cm³/mol. The summed E-state index contributed by atoms with van der Waals surface area (Å²) in [6.45, 7) is 5.28. The van der Waals surface area contributed by atoms with Crippen molar-refractivity contribution < 1.29 is 9.53 Å². The van der Waals surface area contributed by atoms with Crippen molar-refractivity contribution in [3.05, 3.63) is 15.0 Å². The normalized spacial score (nSPS) is 16.2. The van der Waals surface area contributed by atoms with Gasteiger partial charge in [0.25, 0.3) is 0 Å². The van der Waals surface area contributed by atoms with E-state index in [1.807, 2.05) is 6.20 Å². The first-order valence-corrected chi connectivity index (χ1v) is 8.48. The van der Waals surface area contributed by atoms with Crippen LogP contribution in [0.25, 0.3) is 0 Å². The molecule has 1 aromatic rings. The molecular formula is C14H23BrN2O2S. The Morgan fingerprint density at radius 1 is 1.40 bits per heavy atom. The van der Waals surface area contributed by atoms with Gasteiger partial charge in [-0.2, -0.15) is 0 Å². The Morgan fingerprint density at radius 2 is 2.00 bits per heavy atom. The minimum Gasteiger partial charge on any atom is -0.444 e. The Labute approximate surface area is 133 Å². The van der Waals surface area contributed by atoms with E-state index in [0.717, 1.165) is 5.92 Å². The summed E-state index contributed by atoms with van der Waals surface area (Å²) in [4.78, 5) is 14.4. The maximum absolute atomic E-state index is 10.0. The van der Waals surface area contributed by atoms with E-state index in [-0.39, 0.29) is 0 Å². The molecule has 1 aliphatic carbocycles. The van der Waals surface area contributed by atoms with E-state index in [1.54, 1.807) is 32.1 Å². The Balaban J connectivity index is 0.000000221. The summed E-state index contributed by atoms with van der Waals surface area (Å²) in [6, 6.07) is 0. The molecule has 1 aromatic heterocycles. The molecule has 1 fully saturated rings. The van der Waals surface area contributed by atoms with Crippen LogP contribution >= 0.6 is 27.3 Å². The van der Waals surface area contributed by atoms with Crippen LogP contribution in [0.1, 0.15) is 63.8 Å². The highest BCUT2D eigenvalue weighted by molar-refractivity contribution is 9.11. The number of hydrogen-bond donors (Lipinski definition) is 1. The molecule has 0 spiro atoms. The number of nitrogens with zero attached hydrogens (tertiary/aromatic N) is 1. The highest BCUT2D eigenvalue weighted by atomic mass is 79.9. The fourth-order valence-electron chi connectivity index (χ4n) is 2.11. The molecule has 1 amide bonds. The van der Waals surface area contributed by atoms with E-state index in [0.29, 0.717) is 0 Å². The molecule has 0 atom stereocenters. The minimum atomic E-state index is -0.725. The van der Waals surface area contributed by atoms with Crippen LogP contribution in [0.3, 0.4) is 0 Å². The summed E-state index contributed by atoms with van der Waals surface area (Å²) in [5, 5.41) is 1.33. The first-order chi connectivity index (χ1) is 9.28. The van der Waals surface area contributed by atoms with Gasteiger partial charge in [-0.25, -0.2) is 9.78 Å². The lowest BCUT2D eigenvalue weighted by Gasteiger charge is -2.18. The molecule has 1 heterocycles. The van der Waals surface area contributed by atoms with Gasteiger partial charge in [0.2, 0.25) is 0 Å². The van der Waals surface area contributed by atoms with Crippen LogP contribution in [0.2, 0.25) is 0 Å². The third kappa shape index (κ3) is 7.24. The molecular weight excluding hydrogens is 340 g/mol. The first kappa shape index (κ1) is 17.4. The number of carbonyl (C=O) groups is 1. The molecule has 1 saturated carbocycles. The van der Waals surface area contributed by atoms with Crippen molar-refractivity contribution in [3.63, 3.8) is 0 Å². The van der Waals surface area contributed by atoms with Gasteiger partial charge in [-0.1, -0.05) is 19.3 Å². The second kappa shape index (κ2) is 7.98. The number of halogens is 1. The number of thiazole rings is 1. The van der Waals surface area contributed by atoms with Gasteiger partial charge in [0.1, 0.15) is 5.60 Å². The molecule has 1 aliphatic rings. The van der Waals surface area contributed by atoms with Crippen molar-refractivity contribution in [1.82, 2.24) is 4.98 Å². The van der Waals surface area contributed by atoms with Crippen molar-refractivity contribution in [2.75, 3.05) is 0 Å². The van der Waals surface area contributed by atoms with Crippen LogP contribution in [-0.4, -0.2) is 16.7 Å². The van der Waals surface area contributed by atoms with Crippen LogP contribution in [0.5, 0.6) is 0 Å². The number of ether oxygens (including phenoxy) is 1. The van der Waals surface area contributed by atoms with Crippen molar-refractivity contribution in [1.29, 1.82) is 0 Å². The SMILES string of the molecule is Brc1cnc(C2CCCCC2)s1.CC(C)(C)OC(N)=O. The molecule has 0 aliphatic heterocycles. The molecule has 4 nitrogen and oxygen atoms in total. The number of nitrogens with two attached hydrogens (primary N) is 1. The Bertz CT molecular complexity index is 423. The molecule has 0 saturated heterocycles. The fraction of sp³-hybridized carbons (Fsp3) is 0.714. The highest BCUT2D eigenvalue weighted by Gasteiger charge is 2.18. The number of carbonyl (C=O) groups excluding carboxylic acids is 1. The van der Waals surface area contributed by atoms with Gasteiger partial charge in [-0.15, -0.1) is 11.3 Å². The molecule has 114 valence electrons. The van der Waals surface area contributed by atoms with Crippen molar-refractivity contribution >= 4 is 33.4 Å². The minimum absolute atomic E-state index is 0.453. The Morgan fingerprint density at radius 3 is 2.35 bits per heavy atom. The molecule has 2 N–H and O–H groups in total. The number of aromatic nitrogens is 1. The summed E-state index contributed by atoms with van der Waals surface area (Å²) in [5.74, 6) is 0.759. The maximum Gasteiger partial charge on any atom is 0.405 e. The highest BCUT2D eigenvalue weighted by Crippen LogP contribution is 2.35. The van der Waals surface area contributed by atoms with Gasteiger partial charge in [0.15, 0.2) is 0 Å². The van der Waals surface area contributed by atoms with Gasteiger partial charge in [-0.05, 0) is 49.5 Å². The molecule has 6 heteroatoms. The lowest BCUT2D eigenvalue weighted by atomic mass is 9.90. The van der Waals surface area contributed by atoms with E-state index < -0.39 is 11.7 Å². The summed E-state index contributed by atoms with van der Waals surface area (Å²) in [6.07, 6.45) is 8.10.